The molecule has 0 spiro atoms. The second kappa shape index (κ2) is 8.94. The van der Waals surface area contributed by atoms with Crippen molar-refractivity contribution in [3.8, 4) is 17.3 Å². The third-order valence-electron chi connectivity index (χ3n) is 9.27. The number of hydrogen-bond donors (Lipinski definition) is 0. The second-order valence-corrected chi connectivity index (χ2v) is 13.8. The lowest BCUT2D eigenvalue weighted by atomic mass is 9.75. The maximum atomic E-state index is 6.75. The molecule has 5 nitrogen and oxygen atoms in total. The van der Waals surface area contributed by atoms with Gasteiger partial charge in [-0.3, -0.25) is 4.57 Å². The van der Waals surface area contributed by atoms with Crippen LogP contribution in [0.25, 0.3) is 27.6 Å². The van der Waals surface area contributed by atoms with Gasteiger partial charge in [0.2, 0.25) is 5.90 Å². The van der Waals surface area contributed by atoms with E-state index in [0.29, 0.717) is 12.5 Å². The van der Waals surface area contributed by atoms with Gasteiger partial charge in [-0.15, -0.1) is 0 Å². The number of rotatable bonds is 3. The predicted octanol–water partition coefficient (Wildman–Crippen LogP) is 9.04. The third-order valence-corrected chi connectivity index (χ3v) is 9.27. The Hall–Kier alpha value is -4.12. The molecule has 0 fully saturated rings. The number of aromatic nitrogens is 2. The Kier molecular flexibility index (Phi) is 5.69. The molecule has 3 aromatic carbocycles. The van der Waals surface area contributed by atoms with E-state index in [1.165, 1.54) is 33.0 Å². The largest absolute Gasteiger partial charge is 0.475 e. The molecule has 2 aliphatic rings. The average Bonchev–Trinajstić information content (AvgIpc) is 3.53. The van der Waals surface area contributed by atoms with Gasteiger partial charge in [0.25, 0.3) is 0 Å². The topological polar surface area (TPSA) is 48.6 Å². The highest BCUT2D eigenvalue weighted by Crippen LogP contribution is 2.48. The average molecular weight is 558 g/mol. The lowest BCUT2D eigenvalue weighted by Gasteiger charge is -2.34. The molecule has 0 aliphatic carbocycles. The summed E-state index contributed by atoms with van der Waals surface area (Å²) in [6.45, 7) is 20.4. The van der Waals surface area contributed by atoms with Crippen LogP contribution in [0.2, 0.25) is 0 Å². The van der Waals surface area contributed by atoms with Gasteiger partial charge in [0.1, 0.15) is 23.9 Å². The van der Waals surface area contributed by atoms with Gasteiger partial charge in [0.15, 0.2) is 0 Å². The van der Waals surface area contributed by atoms with E-state index in [1.54, 1.807) is 0 Å². The molecule has 2 aromatic heterocycles. The number of pyridine rings is 1. The smallest absolute Gasteiger partial charge is 0.216 e. The Bertz CT molecular complexity index is 1970. The van der Waals surface area contributed by atoms with Gasteiger partial charge in [-0.05, 0) is 79.6 Å². The van der Waals surface area contributed by atoms with Gasteiger partial charge in [0, 0.05) is 39.6 Å². The molecule has 0 unspecified atom stereocenters. The molecule has 7 rings (SSSR count). The Morgan fingerprint density at radius 2 is 1.62 bits per heavy atom. The number of benzene rings is 3. The Morgan fingerprint density at radius 3 is 2.36 bits per heavy atom. The zero-order valence-electron chi connectivity index (χ0n) is 26.1. The molecule has 42 heavy (non-hydrogen) atoms. The standard InChI is InChI=1S/C37H39N3O2/c1-20-13-26-25-16-23(4)31(18-29(25)40-33(26)28(14-20)37(8,9)27-11-10-12-38-34(27)40)42-30-17-24(21(2)15-22(30)3)35-39-32(19-41-35)36(5,6)7/h10-18,32H,19H2,1-9H3/t32-/m0/s1. The summed E-state index contributed by atoms with van der Waals surface area (Å²) in [7, 11) is 0. The molecule has 2 aliphatic heterocycles. The van der Waals surface area contributed by atoms with Crippen LogP contribution in [0.5, 0.6) is 11.5 Å². The molecule has 0 radical (unpaired) electrons. The molecule has 5 aromatic rings. The summed E-state index contributed by atoms with van der Waals surface area (Å²) >= 11 is 0. The molecule has 0 amide bonds. The third kappa shape index (κ3) is 3.89. The Balaban J connectivity index is 1.40. The fourth-order valence-corrected chi connectivity index (χ4v) is 6.69. The lowest BCUT2D eigenvalue weighted by Crippen LogP contribution is -2.27. The molecular formula is C37H39N3O2. The van der Waals surface area contributed by atoms with Crippen molar-refractivity contribution in [2.75, 3.05) is 6.61 Å². The Labute approximate surface area is 248 Å². The highest BCUT2D eigenvalue weighted by atomic mass is 16.5. The van der Waals surface area contributed by atoms with E-state index >= 15 is 0 Å². The first-order valence-corrected chi connectivity index (χ1v) is 14.9. The highest BCUT2D eigenvalue weighted by Gasteiger charge is 2.36. The highest BCUT2D eigenvalue weighted by molar-refractivity contribution is 6.12. The number of ether oxygens (including phenoxy) is 2. The van der Waals surface area contributed by atoms with E-state index in [0.717, 1.165) is 45.1 Å². The van der Waals surface area contributed by atoms with Crippen molar-refractivity contribution in [1.82, 2.24) is 9.55 Å². The van der Waals surface area contributed by atoms with E-state index in [1.807, 2.05) is 12.3 Å². The Morgan fingerprint density at radius 1 is 0.881 bits per heavy atom. The fourth-order valence-electron chi connectivity index (χ4n) is 6.69. The fraction of sp³-hybridized carbons (Fsp3) is 0.351. The van der Waals surface area contributed by atoms with Gasteiger partial charge >= 0.3 is 0 Å². The maximum Gasteiger partial charge on any atom is 0.216 e. The molecule has 5 heteroatoms. The van der Waals surface area contributed by atoms with Crippen LogP contribution in [0, 0.1) is 33.1 Å². The van der Waals surface area contributed by atoms with Crippen molar-refractivity contribution in [3.05, 3.63) is 93.7 Å². The van der Waals surface area contributed by atoms with E-state index in [4.69, 9.17) is 19.5 Å². The van der Waals surface area contributed by atoms with Gasteiger partial charge in [0.05, 0.1) is 17.1 Å². The van der Waals surface area contributed by atoms with Crippen molar-refractivity contribution in [2.45, 2.75) is 73.8 Å². The number of aliphatic imine (C=N–C) groups is 1. The molecular weight excluding hydrogens is 518 g/mol. The molecule has 0 N–H and O–H groups in total. The van der Waals surface area contributed by atoms with Crippen LogP contribution in [0.1, 0.15) is 73.6 Å². The first-order valence-electron chi connectivity index (χ1n) is 14.9. The molecule has 214 valence electrons. The van der Waals surface area contributed by atoms with Crippen LogP contribution in [0.15, 0.2) is 59.7 Å². The van der Waals surface area contributed by atoms with Crippen molar-refractivity contribution >= 4 is 27.7 Å². The van der Waals surface area contributed by atoms with E-state index in [9.17, 15) is 0 Å². The molecule has 4 heterocycles. The minimum absolute atomic E-state index is 0.0499. The van der Waals surface area contributed by atoms with Crippen LogP contribution in [-0.4, -0.2) is 28.1 Å². The van der Waals surface area contributed by atoms with Crippen molar-refractivity contribution < 1.29 is 9.47 Å². The van der Waals surface area contributed by atoms with Gasteiger partial charge in [-0.2, -0.15) is 0 Å². The first-order chi connectivity index (χ1) is 19.8. The normalized spacial score (nSPS) is 17.4. The monoisotopic (exact) mass is 557 g/mol. The SMILES string of the molecule is Cc1cc2c3c(c1)c1cc(C)c(Oc4cc(C5=N[C@H](C(C)(C)C)CO5)c(C)cc4C)cc1n3-c1ncccc1C2(C)C. The first kappa shape index (κ1) is 26.8. The zero-order valence-corrected chi connectivity index (χ0v) is 26.1. The van der Waals surface area contributed by atoms with E-state index in [-0.39, 0.29) is 16.9 Å². The lowest BCUT2D eigenvalue weighted by molar-refractivity contribution is 0.236. The summed E-state index contributed by atoms with van der Waals surface area (Å²) in [6.07, 6.45) is 1.90. The van der Waals surface area contributed by atoms with E-state index in [2.05, 4.69) is 109 Å². The molecule has 0 bridgehead atoms. The van der Waals surface area contributed by atoms with E-state index < -0.39 is 0 Å². The van der Waals surface area contributed by atoms with Crippen LogP contribution in [-0.2, 0) is 10.2 Å². The number of hydrogen-bond acceptors (Lipinski definition) is 4. The summed E-state index contributed by atoms with van der Waals surface area (Å²) in [5.74, 6) is 3.35. The van der Waals surface area contributed by atoms with Crippen molar-refractivity contribution in [3.63, 3.8) is 0 Å². The summed E-state index contributed by atoms with van der Waals surface area (Å²) in [6, 6.07) is 17.8. The zero-order chi connectivity index (χ0) is 29.7. The molecule has 1 atom stereocenters. The van der Waals surface area contributed by atoms with Crippen LogP contribution < -0.4 is 4.74 Å². The van der Waals surface area contributed by atoms with Gasteiger partial charge < -0.3 is 9.47 Å². The van der Waals surface area contributed by atoms with Gasteiger partial charge in [-0.25, -0.2) is 9.98 Å². The maximum absolute atomic E-state index is 6.75. The second-order valence-electron chi connectivity index (χ2n) is 13.8. The van der Waals surface area contributed by atoms with Crippen molar-refractivity contribution in [2.24, 2.45) is 10.4 Å². The number of aryl methyl sites for hydroxylation is 4. The predicted molar refractivity (Wildman–Crippen MR) is 172 cm³/mol. The minimum Gasteiger partial charge on any atom is -0.475 e. The van der Waals surface area contributed by atoms with Gasteiger partial charge in [-0.1, -0.05) is 58.4 Å². The minimum atomic E-state index is -0.154. The summed E-state index contributed by atoms with van der Waals surface area (Å²) in [5, 5.41) is 2.48. The van der Waals surface area contributed by atoms with Crippen LogP contribution in [0.3, 0.4) is 0 Å². The number of nitrogens with zero attached hydrogens (tertiary/aromatic N) is 3. The van der Waals surface area contributed by atoms with Crippen LogP contribution >= 0.6 is 0 Å². The summed E-state index contributed by atoms with van der Waals surface area (Å²) in [4.78, 5) is 9.87. The van der Waals surface area contributed by atoms with Crippen LogP contribution in [0.4, 0.5) is 0 Å². The molecule has 0 saturated heterocycles. The number of fused-ring (bicyclic) bond motifs is 5. The summed E-state index contributed by atoms with van der Waals surface area (Å²) in [5.41, 5.74) is 10.4. The molecule has 0 saturated carbocycles. The van der Waals surface area contributed by atoms with Crippen molar-refractivity contribution in [1.29, 1.82) is 0 Å². The quantitative estimate of drug-likeness (QED) is 0.222. The summed E-state index contributed by atoms with van der Waals surface area (Å²) < 4.78 is 15.2.